The minimum atomic E-state index is -0.516. The van der Waals surface area contributed by atoms with Crippen LogP contribution in [0.15, 0.2) is 73.2 Å². The fraction of sp³-hybridized carbons (Fsp3) is 0.385. The number of nitrogens with zero attached hydrogens (tertiary/aromatic N) is 7. The number of nitrogens with two attached hydrogens (primary N) is 2. The van der Waals surface area contributed by atoms with Crippen molar-refractivity contribution in [3.05, 3.63) is 89.9 Å². The molecule has 0 radical (unpaired) electrons. The van der Waals surface area contributed by atoms with Gasteiger partial charge >= 0.3 is 0 Å². The summed E-state index contributed by atoms with van der Waals surface area (Å²) in [5.41, 5.74) is 12.4. The number of amides is 2. The quantitative estimate of drug-likeness (QED) is 0.202. The standard InChI is InChI=1S/C39H45N9O3/c1-26(2)51-34-12-9-30(22-42-34)36(41)32-21-31(10-11-33(32)40)48-17-4-15-39(38(48)50)16-20-46(24-39)23-35(49)47-18-13-28(14-19-47)27-5-7-29(8-6-27)37-43-25-45(3)44-37/h5-13,21-22,25-26,41H,4,14-20,23-24,40H2,1-3H3/p+1. The minimum absolute atomic E-state index is 0.0167. The van der Waals surface area contributed by atoms with Gasteiger partial charge in [0.05, 0.1) is 29.2 Å². The largest absolute Gasteiger partial charge is 0.475 e. The van der Waals surface area contributed by atoms with Gasteiger partial charge in [-0.3, -0.25) is 24.6 Å². The van der Waals surface area contributed by atoms with Crippen molar-refractivity contribution in [1.82, 2.24) is 29.5 Å². The average Bonchev–Trinajstić information content (AvgIpc) is 3.76. The van der Waals surface area contributed by atoms with Crippen molar-refractivity contribution in [2.75, 3.05) is 49.9 Å². The monoisotopic (exact) mass is 688 g/mol. The molecule has 5 heterocycles. The highest BCUT2D eigenvalue weighted by atomic mass is 16.5. The Balaban J connectivity index is 0.967. The zero-order valence-electron chi connectivity index (χ0n) is 29.6. The zero-order chi connectivity index (χ0) is 35.7. The van der Waals surface area contributed by atoms with E-state index < -0.39 is 5.41 Å². The summed E-state index contributed by atoms with van der Waals surface area (Å²) in [5, 5.41) is 11.0. The molecule has 2 aromatic heterocycles. The molecule has 12 heteroatoms. The van der Waals surface area contributed by atoms with E-state index in [4.69, 9.17) is 15.9 Å². The van der Waals surface area contributed by atoms with E-state index in [1.807, 2.05) is 67.1 Å². The third-order valence-corrected chi connectivity index (χ3v) is 10.2. The molecule has 3 aliphatic rings. The van der Waals surface area contributed by atoms with Gasteiger partial charge in [-0.2, -0.15) is 5.10 Å². The summed E-state index contributed by atoms with van der Waals surface area (Å²) in [6.45, 7) is 7.38. The molecule has 12 nitrogen and oxygen atoms in total. The van der Waals surface area contributed by atoms with E-state index >= 15 is 0 Å². The smallest absolute Gasteiger partial charge is 0.237 e. The predicted molar refractivity (Wildman–Crippen MR) is 197 cm³/mol. The first-order valence-corrected chi connectivity index (χ1v) is 17.7. The molecule has 3 aliphatic heterocycles. The highest BCUT2D eigenvalue weighted by Crippen LogP contribution is 2.42. The van der Waals surface area contributed by atoms with Gasteiger partial charge in [0.1, 0.15) is 6.33 Å². The number of rotatable bonds is 9. The normalized spacial score (nSPS) is 19.5. The average molecular weight is 689 g/mol. The van der Waals surface area contributed by atoms with Gasteiger partial charge in [-0.15, -0.1) is 0 Å². The van der Waals surface area contributed by atoms with Crippen LogP contribution in [0.2, 0.25) is 0 Å². The van der Waals surface area contributed by atoms with Crippen molar-refractivity contribution in [3.63, 3.8) is 0 Å². The van der Waals surface area contributed by atoms with Crippen LogP contribution >= 0.6 is 0 Å². The number of carbonyl (C=O) groups is 2. The molecule has 2 saturated heterocycles. The Labute approximate surface area is 298 Å². The number of nitrogen functional groups attached to an aromatic ring is 1. The first-order valence-electron chi connectivity index (χ1n) is 17.7. The van der Waals surface area contributed by atoms with Crippen molar-refractivity contribution < 1.29 is 19.7 Å². The molecule has 1 unspecified atom stereocenters. The van der Waals surface area contributed by atoms with E-state index in [0.717, 1.165) is 54.6 Å². The summed E-state index contributed by atoms with van der Waals surface area (Å²) in [7, 11) is 1.86. The van der Waals surface area contributed by atoms with Crippen LogP contribution in [-0.4, -0.2) is 92.4 Å². The molecular formula is C39H46N9O3+. The maximum atomic E-state index is 14.2. The Morgan fingerprint density at radius 1 is 1.02 bits per heavy atom. The molecule has 0 bridgehead atoms. The zero-order valence-corrected chi connectivity index (χ0v) is 29.6. The van der Waals surface area contributed by atoms with Gasteiger partial charge in [-0.25, -0.2) is 9.97 Å². The lowest BCUT2D eigenvalue weighted by Crippen LogP contribution is -2.51. The number of pyridine rings is 1. The van der Waals surface area contributed by atoms with Gasteiger partial charge < -0.3 is 20.3 Å². The maximum Gasteiger partial charge on any atom is 0.237 e. The lowest BCUT2D eigenvalue weighted by Gasteiger charge is -2.39. The van der Waals surface area contributed by atoms with Crippen LogP contribution in [0.3, 0.4) is 0 Å². The predicted octanol–water partition coefficient (Wildman–Crippen LogP) is 2.98. The number of ether oxygens (including phenoxy) is 1. The molecule has 1 spiro atoms. The fourth-order valence-corrected chi connectivity index (χ4v) is 7.49. The van der Waals surface area contributed by atoms with Gasteiger partial charge in [0, 0.05) is 62.4 Å². The summed E-state index contributed by atoms with van der Waals surface area (Å²) in [6.07, 6.45) is 8.76. The van der Waals surface area contributed by atoms with Crippen LogP contribution in [0.25, 0.3) is 17.0 Å². The molecule has 1 atom stereocenters. The van der Waals surface area contributed by atoms with Crippen molar-refractivity contribution in [2.45, 2.75) is 45.6 Å². The van der Waals surface area contributed by atoms with Gasteiger partial charge in [0.25, 0.3) is 0 Å². The first-order chi connectivity index (χ1) is 24.6. The molecule has 0 aliphatic carbocycles. The van der Waals surface area contributed by atoms with Crippen LogP contribution in [0.5, 0.6) is 5.88 Å². The minimum Gasteiger partial charge on any atom is -0.475 e. The molecule has 7 rings (SSSR count). The van der Waals surface area contributed by atoms with E-state index in [-0.39, 0.29) is 17.9 Å². The van der Waals surface area contributed by atoms with E-state index in [9.17, 15) is 9.59 Å². The van der Waals surface area contributed by atoms with Crippen LogP contribution in [-0.2, 0) is 16.6 Å². The van der Waals surface area contributed by atoms with Crippen LogP contribution in [0, 0.1) is 5.41 Å². The van der Waals surface area contributed by atoms with Crippen LogP contribution in [0.1, 0.15) is 56.2 Å². The Hall–Kier alpha value is -5.36. The lowest BCUT2D eigenvalue weighted by molar-refractivity contribution is -0.133. The molecule has 2 amide bonds. The van der Waals surface area contributed by atoms with E-state index in [0.29, 0.717) is 61.4 Å². The van der Waals surface area contributed by atoms with Crippen molar-refractivity contribution >= 4 is 34.5 Å². The number of anilines is 2. The second-order valence-corrected chi connectivity index (χ2v) is 14.2. The van der Waals surface area contributed by atoms with Gasteiger partial charge in [0.2, 0.25) is 23.4 Å². The second kappa shape index (κ2) is 14.1. The number of piperidine rings is 1. The topological polar surface area (TPSA) is 148 Å². The van der Waals surface area contributed by atoms with Gasteiger partial charge in [0.15, 0.2) is 5.82 Å². The van der Waals surface area contributed by atoms with Gasteiger partial charge in [-0.05, 0) is 81.5 Å². The van der Waals surface area contributed by atoms with Crippen molar-refractivity contribution in [2.24, 2.45) is 12.5 Å². The molecule has 0 saturated carbocycles. The summed E-state index contributed by atoms with van der Waals surface area (Å²) < 4.78 is 7.36. The summed E-state index contributed by atoms with van der Waals surface area (Å²) in [6, 6.07) is 17.5. The highest BCUT2D eigenvalue weighted by Gasteiger charge is 2.49. The lowest BCUT2D eigenvalue weighted by atomic mass is 9.78. The van der Waals surface area contributed by atoms with Crippen LogP contribution < -0.4 is 20.8 Å². The number of hydrogen-bond donors (Lipinski definition) is 2. The van der Waals surface area contributed by atoms with E-state index in [2.05, 4.69) is 38.2 Å². The summed E-state index contributed by atoms with van der Waals surface area (Å²) in [4.78, 5) is 42.4. The Kier molecular flexibility index (Phi) is 9.43. The second-order valence-electron chi connectivity index (χ2n) is 14.2. The molecule has 4 N–H and O–H groups in total. The van der Waals surface area contributed by atoms with Crippen LogP contribution in [0.4, 0.5) is 11.4 Å². The first kappa shape index (κ1) is 34.1. The number of aromatic nitrogens is 4. The van der Waals surface area contributed by atoms with E-state index in [1.54, 1.807) is 23.3 Å². The molecule has 51 heavy (non-hydrogen) atoms. The molecule has 2 fully saturated rings. The number of carbonyl (C=O) groups excluding carboxylic acids is 2. The number of benzene rings is 2. The highest BCUT2D eigenvalue weighted by molar-refractivity contribution is 6.13. The summed E-state index contributed by atoms with van der Waals surface area (Å²) in [5.74, 6) is 1.44. The number of likely N-dealkylation sites (tertiary alicyclic amines) is 1. The van der Waals surface area contributed by atoms with Gasteiger partial charge in [-0.1, -0.05) is 30.3 Å². The van der Waals surface area contributed by atoms with E-state index in [1.165, 1.54) is 5.57 Å². The Morgan fingerprint density at radius 3 is 2.51 bits per heavy atom. The molecule has 264 valence electrons. The van der Waals surface area contributed by atoms with Crippen molar-refractivity contribution in [1.29, 1.82) is 0 Å². The Morgan fingerprint density at radius 2 is 1.82 bits per heavy atom. The Bertz CT molecular complexity index is 1970. The molecule has 4 aromatic rings. The molecule has 2 aromatic carbocycles. The molecular weight excluding hydrogens is 642 g/mol. The third-order valence-electron chi connectivity index (χ3n) is 10.2. The SMILES string of the molecule is CC(C)Oc1ccc(C(=[NH2+])c2cc(N3CCCC4(CCN(CC(=O)N5CC=C(c6ccc(-c7ncn(C)n7)cc6)CC5)C4)C3=O)ccc2N)cn1. The van der Waals surface area contributed by atoms with Crippen molar-refractivity contribution in [3.8, 4) is 17.3 Å². The third kappa shape index (κ3) is 7.14. The number of hydrogen-bond acceptors (Lipinski definition) is 8. The maximum absolute atomic E-state index is 14.2. The fourth-order valence-electron chi connectivity index (χ4n) is 7.49. The number of aryl methyl sites for hydroxylation is 1. The summed E-state index contributed by atoms with van der Waals surface area (Å²) >= 11 is 0.